The molecule has 0 radical (unpaired) electrons. The van der Waals surface area contributed by atoms with Crippen molar-refractivity contribution < 1.29 is 18.9 Å². The van der Waals surface area contributed by atoms with Gasteiger partial charge < -0.3 is 10.2 Å². The van der Waals surface area contributed by atoms with Crippen molar-refractivity contribution in [2.75, 3.05) is 11.4 Å². The molecule has 0 saturated carbocycles. The topological polar surface area (TPSA) is 92.5 Å². The molecule has 0 aliphatic carbocycles. The molecule has 7 nitrogen and oxygen atoms in total. The molecule has 0 bridgehead atoms. The molecule has 2 aromatic rings. The average molecular weight is 357 g/mol. The van der Waals surface area contributed by atoms with Gasteiger partial charge >= 0.3 is 0 Å². The first-order valence-corrected chi connectivity index (χ1v) is 8.01. The standard InChI is InChI=1S/C18H16FN3O4/c19-13-2-1-3-16(9-13)21-11-14(10-18(21)24)20-17(23)8-12-4-6-15(7-5-12)22(25)26/h1-7,9,14H,8,10-11H2,(H,20,23). The maximum absolute atomic E-state index is 13.3. The quantitative estimate of drug-likeness (QED) is 0.656. The van der Waals surface area contributed by atoms with Crippen LogP contribution in [0.2, 0.25) is 0 Å². The lowest BCUT2D eigenvalue weighted by atomic mass is 10.1. The number of hydrogen-bond acceptors (Lipinski definition) is 4. The molecule has 1 aliphatic rings. The Morgan fingerprint density at radius 1 is 1.27 bits per heavy atom. The highest BCUT2D eigenvalue weighted by Crippen LogP contribution is 2.22. The number of halogens is 1. The number of anilines is 1. The fourth-order valence-electron chi connectivity index (χ4n) is 2.90. The zero-order chi connectivity index (χ0) is 18.7. The van der Waals surface area contributed by atoms with E-state index in [1.807, 2.05) is 0 Å². The number of amides is 2. The van der Waals surface area contributed by atoms with E-state index in [1.54, 1.807) is 6.07 Å². The largest absolute Gasteiger partial charge is 0.351 e. The molecule has 8 heteroatoms. The molecule has 0 aromatic heterocycles. The lowest BCUT2D eigenvalue weighted by Crippen LogP contribution is -2.38. The predicted octanol–water partition coefficient (Wildman–Crippen LogP) is 2.20. The highest BCUT2D eigenvalue weighted by atomic mass is 19.1. The van der Waals surface area contributed by atoms with Crippen molar-refractivity contribution >= 4 is 23.2 Å². The van der Waals surface area contributed by atoms with Crippen LogP contribution in [0.3, 0.4) is 0 Å². The summed E-state index contributed by atoms with van der Waals surface area (Å²) in [4.78, 5) is 35.9. The second kappa shape index (κ2) is 7.30. The lowest BCUT2D eigenvalue weighted by Gasteiger charge is -2.17. The van der Waals surface area contributed by atoms with Gasteiger partial charge in [0.1, 0.15) is 5.82 Å². The molecule has 134 valence electrons. The zero-order valence-corrected chi connectivity index (χ0v) is 13.7. The van der Waals surface area contributed by atoms with Crippen LogP contribution in [-0.2, 0) is 16.0 Å². The number of nitro groups is 1. The van der Waals surface area contributed by atoms with Crippen LogP contribution in [0.25, 0.3) is 0 Å². The zero-order valence-electron chi connectivity index (χ0n) is 13.7. The molecular formula is C18H16FN3O4. The Bertz CT molecular complexity index is 854. The molecule has 1 heterocycles. The SMILES string of the molecule is O=C(Cc1ccc([N+](=O)[O-])cc1)NC1CC(=O)N(c2cccc(F)c2)C1. The van der Waals surface area contributed by atoms with Crippen molar-refractivity contribution in [3.05, 3.63) is 70.0 Å². The first-order chi connectivity index (χ1) is 12.4. The van der Waals surface area contributed by atoms with Crippen LogP contribution in [0.5, 0.6) is 0 Å². The Balaban J connectivity index is 1.58. The molecule has 2 aromatic carbocycles. The highest BCUT2D eigenvalue weighted by Gasteiger charge is 2.31. The highest BCUT2D eigenvalue weighted by molar-refractivity contribution is 5.96. The maximum atomic E-state index is 13.3. The number of nitrogens with zero attached hydrogens (tertiary/aromatic N) is 2. The van der Waals surface area contributed by atoms with Crippen LogP contribution in [0.4, 0.5) is 15.8 Å². The molecule has 1 N–H and O–H groups in total. The van der Waals surface area contributed by atoms with Crippen molar-refractivity contribution in [1.82, 2.24) is 5.32 Å². The Morgan fingerprint density at radius 3 is 2.65 bits per heavy atom. The van der Waals surface area contributed by atoms with Gasteiger partial charge in [-0.3, -0.25) is 19.7 Å². The Hall–Kier alpha value is -3.29. The van der Waals surface area contributed by atoms with Crippen LogP contribution in [0.15, 0.2) is 48.5 Å². The summed E-state index contributed by atoms with van der Waals surface area (Å²) in [6, 6.07) is 11.1. The van der Waals surface area contributed by atoms with Gasteiger partial charge in [-0.2, -0.15) is 0 Å². The molecule has 3 rings (SSSR count). The first kappa shape index (κ1) is 17.5. The minimum atomic E-state index is -0.505. The summed E-state index contributed by atoms with van der Waals surface area (Å²) in [6.07, 6.45) is 0.200. The number of nitro benzene ring substituents is 1. The predicted molar refractivity (Wildman–Crippen MR) is 92.1 cm³/mol. The third-order valence-corrected chi connectivity index (χ3v) is 4.12. The molecule has 1 atom stereocenters. The maximum Gasteiger partial charge on any atom is 0.269 e. The van der Waals surface area contributed by atoms with Gasteiger partial charge in [0, 0.05) is 30.8 Å². The van der Waals surface area contributed by atoms with Crippen LogP contribution in [-0.4, -0.2) is 29.3 Å². The normalized spacial score (nSPS) is 16.6. The van der Waals surface area contributed by atoms with Crippen LogP contribution >= 0.6 is 0 Å². The number of rotatable bonds is 5. The van der Waals surface area contributed by atoms with Gasteiger partial charge in [-0.1, -0.05) is 18.2 Å². The van der Waals surface area contributed by atoms with Crippen molar-refractivity contribution in [3.8, 4) is 0 Å². The smallest absolute Gasteiger partial charge is 0.269 e. The summed E-state index contributed by atoms with van der Waals surface area (Å²) < 4.78 is 13.3. The second-order valence-electron chi connectivity index (χ2n) is 6.05. The first-order valence-electron chi connectivity index (χ1n) is 8.01. The summed E-state index contributed by atoms with van der Waals surface area (Å²) in [6.45, 7) is 0.272. The van der Waals surface area contributed by atoms with Gasteiger partial charge in [-0.05, 0) is 23.8 Å². The van der Waals surface area contributed by atoms with Crippen molar-refractivity contribution in [2.45, 2.75) is 18.9 Å². The summed E-state index contributed by atoms with van der Waals surface area (Å²) in [5, 5.41) is 13.4. The van der Waals surface area contributed by atoms with Crippen molar-refractivity contribution in [3.63, 3.8) is 0 Å². The van der Waals surface area contributed by atoms with E-state index >= 15 is 0 Å². The van der Waals surface area contributed by atoms with Gasteiger partial charge in [0.15, 0.2) is 0 Å². The number of non-ortho nitro benzene ring substituents is 1. The van der Waals surface area contributed by atoms with E-state index in [0.29, 0.717) is 11.3 Å². The van der Waals surface area contributed by atoms with E-state index in [-0.39, 0.29) is 42.9 Å². The van der Waals surface area contributed by atoms with E-state index < -0.39 is 10.7 Å². The Kier molecular flexibility index (Phi) is 4.92. The average Bonchev–Trinajstić information content (AvgIpc) is 2.95. The third-order valence-electron chi connectivity index (χ3n) is 4.12. The molecule has 1 saturated heterocycles. The van der Waals surface area contributed by atoms with Crippen LogP contribution in [0.1, 0.15) is 12.0 Å². The second-order valence-corrected chi connectivity index (χ2v) is 6.05. The number of carbonyl (C=O) groups excluding carboxylic acids is 2. The van der Waals surface area contributed by atoms with Gasteiger partial charge in [0.2, 0.25) is 11.8 Å². The van der Waals surface area contributed by atoms with E-state index in [4.69, 9.17) is 0 Å². The van der Waals surface area contributed by atoms with E-state index in [0.717, 1.165) is 0 Å². The number of nitrogens with one attached hydrogen (secondary N) is 1. The third kappa shape index (κ3) is 4.02. The Morgan fingerprint density at radius 2 is 2.00 bits per heavy atom. The fourth-order valence-corrected chi connectivity index (χ4v) is 2.90. The molecule has 1 unspecified atom stereocenters. The number of carbonyl (C=O) groups is 2. The Labute approximate surface area is 148 Å². The van der Waals surface area contributed by atoms with Crippen molar-refractivity contribution in [2.24, 2.45) is 0 Å². The van der Waals surface area contributed by atoms with Crippen molar-refractivity contribution in [1.29, 1.82) is 0 Å². The number of benzene rings is 2. The molecule has 1 aliphatic heterocycles. The van der Waals surface area contributed by atoms with Crippen LogP contribution in [0, 0.1) is 15.9 Å². The summed E-state index contributed by atoms with van der Waals surface area (Å²) in [5.74, 6) is -0.894. The van der Waals surface area contributed by atoms with Gasteiger partial charge in [-0.25, -0.2) is 4.39 Å². The minimum Gasteiger partial charge on any atom is -0.351 e. The van der Waals surface area contributed by atoms with Gasteiger partial charge in [-0.15, -0.1) is 0 Å². The summed E-state index contributed by atoms with van der Waals surface area (Å²) >= 11 is 0. The lowest BCUT2D eigenvalue weighted by molar-refractivity contribution is -0.384. The van der Waals surface area contributed by atoms with E-state index in [1.165, 1.54) is 47.4 Å². The summed E-state index contributed by atoms with van der Waals surface area (Å²) in [7, 11) is 0. The summed E-state index contributed by atoms with van der Waals surface area (Å²) in [5.41, 5.74) is 1.06. The van der Waals surface area contributed by atoms with Gasteiger partial charge in [0.25, 0.3) is 5.69 Å². The number of hydrogen-bond donors (Lipinski definition) is 1. The van der Waals surface area contributed by atoms with E-state index in [9.17, 15) is 24.1 Å². The molecular weight excluding hydrogens is 341 g/mol. The van der Waals surface area contributed by atoms with E-state index in [2.05, 4.69) is 5.32 Å². The minimum absolute atomic E-state index is 0.0405. The van der Waals surface area contributed by atoms with Crippen LogP contribution < -0.4 is 10.2 Å². The molecule has 2 amide bonds. The molecule has 26 heavy (non-hydrogen) atoms. The molecule has 1 fully saturated rings. The monoisotopic (exact) mass is 357 g/mol. The fraction of sp³-hybridized carbons (Fsp3) is 0.222. The van der Waals surface area contributed by atoms with Gasteiger partial charge in [0.05, 0.1) is 17.4 Å². The molecule has 0 spiro atoms.